The van der Waals surface area contributed by atoms with Gasteiger partial charge in [-0.3, -0.25) is 29.9 Å². The zero-order valence-corrected chi connectivity index (χ0v) is 33.0. The molecule has 9 aromatic rings. The van der Waals surface area contributed by atoms with E-state index in [0.29, 0.717) is 59.8 Å². The monoisotopic (exact) mass is 839 g/mol. The Kier molecular flexibility index (Phi) is 9.79. The van der Waals surface area contributed by atoms with Crippen LogP contribution in [0.25, 0.3) is 55.3 Å². The molecule has 2 N–H and O–H groups in total. The van der Waals surface area contributed by atoms with Crippen molar-refractivity contribution in [1.82, 2.24) is 29.5 Å². The van der Waals surface area contributed by atoms with Gasteiger partial charge in [0.1, 0.15) is 0 Å². The van der Waals surface area contributed by atoms with Crippen LogP contribution in [0.4, 0.5) is 5.69 Å². The highest BCUT2D eigenvalue weighted by atomic mass is 35.5. The zero-order valence-electron chi connectivity index (χ0n) is 29.9. The largest absolute Gasteiger partial charge is 0.288 e. The lowest BCUT2D eigenvalue weighted by atomic mass is 9.83. The van der Waals surface area contributed by atoms with Crippen LogP contribution < -0.4 is 11.1 Å². The highest BCUT2D eigenvalue weighted by molar-refractivity contribution is 7.12. The molecule has 0 atom stereocenters. The zero-order chi connectivity index (χ0) is 39.9. The molecule has 11 nitrogen and oxygen atoms in total. The Hall–Kier alpha value is -6.64. The second-order valence-corrected chi connectivity index (χ2v) is 15.7. The number of aromatic amines is 2. The van der Waals surface area contributed by atoms with Crippen molar-refractivity contribution in [3.8, 4) is 55.3 Å². The fourth-order valence-corrected chi connectivity index (χ4v) is 8.72. The van der Waals surface area contributed by atoms with Gasteiger partial charge in [-0.15, -0.1) is 22.7 Å². The summed E-state index contributed by atoms with van der Waals surface area (Å²) in [6, 6.07) is 39.0. The van der Waals surface area contributed by atoms with Crippen molar-refractivity contribution < 1.29 is 4.92 Å². The average molecular weight is 841 g/mol. The van der Waals surface area contributed by atoms with Crippen molar-refractivity contribution in [2.75, 3.05) is 0 Å². The lowest BCUT2D eigenvalue weighted by Crippen LogP contribution is -2.25. The van der Waals surface area contributed by atoms with Gasteiger partial charge in [0, 0.05) is 50.0 Å². The summed E-state index contributed by atoms with van der Waals surface area (Å²) in [6.45, 7) is 0. The topological polar surface area (TPSA) is 144 Å². The molecule has 0 amide bonds. The number of nitro groups is 1. The Morgan fingerprint density at radius 1 is 0.586 bits per heavy atom. The van der Waals surface area contributed by atoms with Gasteiger partial charge >= 0.3 is 0 Å². The van der Waals surface area contributed by atoms with E-state index in [9.17, 15) is 10.1 Å². The molecular formula is C43H27Cl2N7O4S2. The number of halogens is 2. The molecule has 0 fully saturated rings. The first-order valence-electron chi connectivity index (χ1n) is 17.7. The van der Waals surface area contributed by atoms with Crippen molar-refractivity contribution in [2.24, 2.45) is 0 Å². The Bertz CT molecular complexity index is 2880. The molecule has 0 unspecified atom stereocenters. The van der Waals surface area contributed by atoms with Crippen molar-refractivity contribution in [3.63, 3.8) is 0 Å². The number of benzene rings is 5. The number of nitrogens with one attached hydrogen (secondary N) is 2. The molecule has 284 valence electrons. The summed E-state index contributed by atoms with van der Waals surface area (Å²) in [6.07, 6.45) is 0. The molecule has 0 radical (unpaired) electrons. The van der Waals surface area contributed by atoms with E-state index in [4.69, 9.17) is 33.2 Å². The number of nitrogens with zero attached hydrogens (tertiary/aromatic N) is 5. The molecule has 0 aliphatic carbocycles. The van der Waals surface area contributed by atoms with Gasteiger partial charge in [0.15, 0.2) is 0 Å². The lowest BCUT2D eigenvalue weighted by molar-refractivity contribution is -0.384. The van der Waals surface area contributed by atoms with Gasteiger partial charge in [0.25, 0.3) is 16.8 Å². The SMILES string of the molecule is O=c1c(C(c2cccc([N+](=O)[O-])c2)c2c(-c3ccccc3)[nH]n(-c3nc(-c4ccc(Cl)cc4)cs3)c2=O)c(-c2ccccc2)[nH]n1-c1nc(-c2ccc(Cl)cc2)cs1. The maximum atomic E-state index is 15.2. The van der Waals surface area contributed by atoms with E-state index in [2.05, 4.69) is 10.2 Å². The van der Waals surface area contributed by atoms with Crippen LogP contribution in [-0.2, 0) is 0 Å². The molecule has 5 aromatic carbocycles. The summed E-state index contributed by atoms with van der Waals surface area (Å²) in [5.41, 5.74) is 4.60. The van der Waals surface area contributed by atoms with Crippen LogP contribution in [0.5, 0.6) is 0 Å². The lowest BCUT2D eigenvalue weighted by Gasteiger charge is -2.17. The molecule has 58 heavy (non-hydrogen) atoms. The molecule has 15 heteroatoms. The standard InChI is InChI=1S/C43H27Cl2N7O4S2/c44-30-18-14-25(15-19-30)33-23-57-42(46-33)50-40(53)36(38(48-50)27-8-3-1-4-9-27)35(29-12-7-13-32(22-29)52(55)56)37-39(28-10-5-2-6-11-28)49-51(41(37)54)43-47-34(24-58-43)26-16-20-31(45)21-17-26/h1-24,35,48-49H. The number of hydrogen-bond donors (Lipinski definition) is 2. The van der Waals surface area contributed by atoms with Gasteiger partial charge in [-0.05, 0) is 41.0 Å². The van der Waals surface area contributed by atoms with E-state index in [-0.39, 0.29) is 16.8 Å². The first kappa shape index (κ1) is 37.0. The molecule has 4 aromatic heterocycles. The van der Waals surface area contributed by atoms with Crippen LogP contribution in [0.15, 0.2) is 154 Å². The highest BCUT2D eigenvalue weighted by Gasteiger charge is 2.35. The Morgan fingerprint density at radius 2 is 1.03 bits per heavy atom. The third-order valence-electron chi connectivity index (χ3n) is 9.62. The number of non-ortho nitro benzene ring substituents is 1. The third kappa shape index (κ3) is 6.90. The summed E-state index contributed by atoms with van der Waals surface area (Å²) in [7, 11) is 0. The number of hydrogen-bond acceptors (Lipinski definition) is 8. The second kappa shape index (κ2) is 15.4. The summed E-state index contributed by atoms with van der Waals surface area (Å²) < 4.78 is 2.72. The molecule has 0 saturated heterocycles. The molecule has 0 aliphatic rings. The van der Waals surface area contributed by atoms with Crippen LogP contribution in [-0.4, -0.2) is 34.5 Å². The van der Waals surface area contributed by atoms with Crippen molar-refractivity contribution >= 4 is 51.6 Å². The molecule has 4 heterocycles. The summed E-state index contributed by atoms with van der Waals surface area (Å²) >= 11 is 14.8. The van der Waals surface area contributed by atoms with Crippen LogP contribution in [0.1, 0.15) is 22.6 Å². The van der Waals surface area contributed by atoms with E-state index in [1.54, 1.807) is 36.4 Å². The fourth-order valence-electron chi connectivity index (χ4n) is 6.89. The predicted molar refractivity (Wildman–Crippen MR) is 230 cm³/mol. The number of aromatic nitrogens is 6. The van der Waals surface area contributed by atoms with Crippen molar-refractivity contribution in [1.29, 1.82) is 0 Å². The van der Waals surface area contributed by atoms with E-state index < -0.39 is 22.0 Å². The van der Waals surface area contributed by atoms with Crippen LogP contribution in [0.3, 0.4) is 0 Å². The Morgan fingerprint density at radius 3 is 1.47 bits per heavy atom. The minimum absolute atomic E-state index is 0.191. The second-order valence-electron chi connectivity index (χ2n) is 13.1. The van der Waals surface area contributed by atoms with Crippen LogP contribution >= 0.6 is 45.9 Å². The normalized spacial score (nSPS) is 11.4. The maximum Gasteiger partial charge on any atom is 0.278 e. The van der Waals surface area contributed by atoms with E-state index in [0.717, 1.165) is 11.1 Å². The first-order valence-corrected chi connectivity index (χ1v) is 20.2. The fraction of sp³-hybridized carbons (Fsp3) is 0.0233. The number of H-pyrrole nitrogens is 2. The van der Waals surface area contributed by atoms with E-state index in [1.165, 1.54) is 44.2 Å². The van der Waals surface area contributed by atoms with Gasteiger partial charge in [0.05, 0.1) is 38.8 Å². The van der Waals surface area contributed by atoms with E-state index >= 15 is 9.59 Å². The molecule has 0 bridgehead atoms. The number of nitro benzene ring substituents is 1. The maximum absolute atomic E-state index is 15.2. The smallest absolute Gasteiger partial charge is 0.278 e. The molecule has 0 saturated carbocycles. The van der Waals surface area contributed by atoms with Gasteiger partial charge in [-0.2, -0.15) is 9.36 Å². The van der Waals surface area contributed by atoms with Crippen molar-refractivity contribution in [3.05, 3.63) is 202 Å². The van der Waals surface area contributed by atoms with Gasteiger partial charge in [-0.25, -0.2) is 9.97 Å². The van der Waals surface area contributed by atoms with Crippen LogP contribution in [0, 0.1) is 10.1 Å². The number of thiazole rings is 2. The Labute approximate surface area is 347 Å². The molecule has 9 rings (SSSR count). The molecular weight excluding hydrogens is 814 g/mol. The van der Waals surface area contributed by atoms with Crippen LogP contribution in [0.2, 0.25) is 10.0 Å². The average Bonchev–Trinajstić information content (AvgIpc) is 4.06. The predicted octanol–water partition coefficient (Wildman–Crippen LogP) is 10.6. The van der Waals surface area contributed by atoms with Gasteiger partial charge in [0.2, 0.25) is 10.3 Å². The third-order valence-corrected chi connectivity index (χ3v) is 11.8. The number of rotatable bonds is 10. The van der Waals surface area contributed by atoms with Gasteiger partial charge < -0.3 is 0 Å². The first-order chi connectivity index (χ1) is 28.2. The van der Waals surface area contributed by atoms with Crippen molar-refractivity contribution in [2.45, 2.75) is 5.92 Å². The molecule has 0 aliphatic heterocycles. The van der Waals surface area contributed by atoms with Gasteiger partial charge in [-0.1, -0.05) is 120 Å². The highest BCUT2D eigenvalue weighted by Crippen LogP contribution is 2.40. The minimum Gasteiger partial charge on any atom is -0.288 e. The minimum atomic E-state index is -1.13. The summed E-state index contributed by atoms with van der Waals surface area (Å²) in [5.74, 6) is -1.13. The summed E-state index contributed by atoms with van der Waals surface area (Å²) in [4.78, 5) is 51.8. The Balaban J connectivity index is 1.31. The van der Waals surface area contributed by atoms with E-state index in [1.807, 2.05) is 95.7 Å². The quantitative estimate of drug-likeness (QED) is 0.104. The summed E-state index contributed by atoms with van der Waals surface area (Å²) in [5, 5.41) is 24.4. The molecule has 0 spiro atoms.